The molecule has 0 saturated carbocycles. The van der Waals surface area contributed by atoms with Gasteiger partial charge in [0.05, 0.1) is 10.6 Å². The molecule has 39 heavy (non-hydrogen) atoms. The standard InChI is InChI=1S/C30H36ClN3O4S/c1-6-28(30(36)32-21(2)3)33(19-24-9-7-8-23(5)18-24)29(35)20-34(26-14-12-25(31)13-15-26)39(37,38)27-16-10-22(4)11-17-27/h7-18,21,28H,6,19-20H2,1-5H3,(H,32,36)/t28-/m0/s1. The molecule has 0 aliphatic carbocycles. The van der Waals surface area contributed by atoms with Gasteiger partial charge in [-0.3, -0.25) is 13.9 Å². The molecule has 0 aliphatic rings. The second-order valence-corrected chi connectivity index (χ2v) is 12.2. The van der Waals surface area contributed by atoms with Crippen molar-refractivity contribution in [1.82, 2.24) is 10.2 Å². The molecule has 1 atom stereocenters. The van der Waals surface area contributed by atoms with Crippen LogP contribution in [-0.2, 0) is 26.2 Å². The Labute approximate surface area is 236 Å². The van der Waals surface area contributed by atoms with E-state index in [2.05, 4.69) is 5.32 Å². The topological polar surface area (TPSA) is 86.8 Å². The van der Waals surface area contributed by atoms with Crippen LogP contribution in [0.5, 0.6) is 0 Å². The zero-order valence-corrected chi connectivity index (χ0v) is 24.6. The van der Waals surface area contributed by atoms with Gasteiger partial charge in [-0.1, -0.05) is 66.0 Å². The number of aryl methyl sites for hydroxylation is 2. The molecule has 0 aliphatic heterocycles. The van der Waals surface area contributed by atoms with Crippen LogP contribution in [0.15, 0.2) is 77.7 Å². The lowest BCUT2D eigenvalue weighted by molar-refractivity contribution is -0.140. The third-order valence-electron chi connectivity index (χ3n) is 6.25. The monoisotopic (exact) mass is 569 g/mol. The highest BCUT2D eigenvalue weighted by atomic mass is 35.5. The average Bonchev–Trinajstić information content (AvgIpc) is 2.87. The first kappa shape index (κ1) is 30.2. The predicted molar refractivity (Wildman–Crippen MR) is 156 cm³/mol. The maximum absolute atomic E-state index is 14.0. The fourth-order valence-electron chi connectivity index (χ4n) is 4.28. The predicted octanol–water partition coefficient (Wildman–Crippen LogP) is 5.48. The van der Waals surface area contributed by atoms with Gasteiger partial charge in [-0.05, 0) is 76.1 Å². The number of carbonyl (C=O) groups is 2. The summed E-state index contributed by atoms with van der Waals surface area (Å²) in [5, 5.41) is 3.34. The number of nitrogens with zero attached hydrogens (tertiary/aromatic N) is 2. The van der Waals surface area contributed by atoms with Crippen molar-refractivity contribution in [2.24, 2.45) is 0 Å². The Balaban J connectivity index is 2.06. The van der Waals surface area contributed by atoms with E-state index in [1.165, 1.54) is 17.0 Å². The Hall–Kier alpha value is -3.36. The molecule has 7 nitrogen and oxygen atoms in total. The second kappa shape index (κ2) is 13.1. The summed E-state index contributed by atoms with van der Waals surface area (Å²) < 4.78 is 28.8. The Bertz CT molecular complexity index is 1390. The normalized spacial score (nSPS) is 12.2. The van der Waals surface area contributed by atoms with Crippen molar-refractivity contribution in [3.05, 3.63) is 94.5 Å². The first-order valence-electron chi connectivity index (χ1n) is 12.9. The van der Waals surface area contributed by atoms with Crippen molar-refractivity contribution in [1.29, 1.82) is 0 Å². The zero-order valence-electron chi connectivity index (χ0n) is 23.0. The van der Waals surface area contributed by atoms with Crippen LogP contribution in [0, 0.1) is 13.8 Å². The Morgan fingerprint density at radius 2 is 1.56 bits per heavy atom. The van der Waals surface area contributed by atoms with Gasteiger partial charge in [-0.2, -0.15) is 0 Å². The van der Waals surface area contributed by atoms with Crippen LogP contribution in [0.3, 0.4) is 0 Å². The Kier molecular flexibility index (Phi) is 10.2. The highest BCUT2D eigenvalue weighted by molar-refractivity contribution is 7.92. The van der Waals surface area contributed by atoms with Crippen molar-refractivity contribution >= 4 is 39.1 Å². The molecule has 2 amide bonds. The molecule has 0 fully saturated rings. The summed E-state index contributed by atoms with van der Waals surface area (Å²) in [6, 6.07) is 19.5. The van der Waals surface area contributed by atoms with E-state index in [1.807, 2.05) is 58.9 Å². The largest absolute Gasteiger partial charge is 0.352 e. The van der Waals surface area contributed by atoms with Gasteiger partial charge < -0.3 is 10.2 Å². The van der Waals surface area contributed by atoms with E-state index in [0.717, 1.165) is 21.0 Å². The minimum atomic E-state index is -4.12. The van der Waals surface area contributed by atoms with Gasteiger partial charge in [0.2, 0.25) is 11.8 Å². The van der Waals surface area contributed by atoms with E-state index in [9.17, 15) is 18.0 Å². The van der Waals surface area contributed by atoms with Crippen LogP contribution in [-0.4, -0.2) is 43.8 Å². The molecule has 0 saturated heterocycles. The number of hydrogen-bond acceptors (Lipinski definition) is 4. The molecule has 0 spiro atoms. The summed E-state index contributed by atoms with van der Waals surface area (Å²) in [5.74, 6) is -0.777. The fourth-order valence-corrected chi connectivity index (χ4v) is 5.82. The summed E-state index contributed by atoms with van der Waals surface area (Å²) in [6.45, 7) is 9.03. The molecule has 9 heteroatoms. The van der Waals surface area contributed by atoms with Gasteiger partial charge in [0.1, 0.15) is 12.6 Å². The molecule has 0 bridgehead atoms. The third kappa shape index (κ3) is 7.83. The van der Waals surface area contributed by atoms with Crippen molar-refractivity contribution < 1.29 is 18.0 Å². The summed E-state index contributed by atoms with van der Waals surface area (Å²) >= 11 is 6.07. The van der Waals surface area contributed by atoms with Gasteiger partial charge in [0.15, 0.2) is 0 Å². The minimum Gasteiger partial charge on any atom is -0.352 e. The van der Waals surface area contributed by atoms with Crippen molar-refractivity contribution in [3.8, 4) is 0 Å². The van der Waals surface area contributed by atoms with Crippen LogP contribution >= 0.6 is 11.6 Å². The minimum absolute atomic E-state index is 0.0608. The number of nitrogens with one attached hydrogen (secondary N) is 1. The number of amides is 2. The quantitative estimate of drug-likeness (QED) is 0.331. The Morgan fingerprint density at radius 3 is 2.13 bits per heavy atom. The molecular weight excluding hydrogens is 534 g/mol. The summed E-state index contributed by atoms with van der Waals surface area (Å²) in [5.41, 5.74) is 3.07. The van der Waals surface area contributed by atoms with Gasteiger partial charge in [-0.25, -0.2) is 8.42 Å². The van der Waals surface area contributed by atoms with Crippen LogP contribution in [0.1, 0.15) is 43.9 Å². The maximum atomic E-state index is 14.0. The molecule has 0 unspecified atom stereocenters. The molecule has 0 radical (unpaired) electrons. The van der Waals surface area contributed by atoms with E-state index >= 15 is 0 Å². The molecule has 1 N–H and O–H groups in total. The number of halogens is 1. The van der Waals surface area contributed by atoms with Crippen LogP contribution < -0.4 is 9.62 Å². The lowest BCUT2D eigenvalue weighted by Gasteiger charge is -2.33. The van der Waals surface area contributed by atoms with Gasteiger partial charge >= 0.3 is 0 Å². The van der Waals surface area contributed by atoms with E-state index in [1.54, 1.807) is 36.4 Å². The third-order valence-corrected chi connectivity index (χ3v) is 8.29. The van der Waals surface area contributed by atoms with E-state index in [-0.39, 0.29) is 23.4 Å². The first-order valence-corrected chi connectivity index (χ1v) is 14.7. The van der Waals surface area contributed by atoms with E-state index in [0.29, 0.717) is 17.1 Å². The smallest absolute Gasteiger partial charge is 0.264 e. The summed E-state index contributed by atoms with van der Waals surface area (Å²) in [7, 11) is -4.12. The molecule has 0 aromatic heterocycles. The highest BCUT2D eigenvalue weighted by Gasteiger charge is 2.33. The molecule has 0 heterocycles. The van der Waals surface area contributed by atoms with Crippen LogP contribution in [0.2, 0.25) is 5.02 Å². The summed E-state index contributed by atoms with van der Waals surface area (Å²) in [4.78, 5) is 28.7. The van der Waals surface area contributed by atoms with Crippen LogP contribution in [0.4, 0.5) is 5.69 Å². The Morgan fingerprint density at radius 1 is 0.923 bits per heavy atom. The molecule has 208 valence electrons. The number of sulfonamides is 1. The fraction of sp³-hybridized carbons (Fsp3) is 0.333. The SMILES string of the molecule is CC[C@@H](C(=O)NC(C)C)N(Cc1cccc(C)c1)C(=O)CN(c1ccc(Cl)cc1)S(=O)(=O)c1ccc(C)cc1. The lowest BCUT2D eigenvalue weighted by Crippen LogP contribution is -2.53. The number of hydrogen-bond donors (Lipinski definition) is 1. The average molecular weight is 570 g/mol. The van der Waals surface area contributed by atoms with E-state index in [4.69, 9.17) is 11.6 Å². The van der Waals surface area contributed by atoms with Crippen molar-refractivity contribution in [2.75, 3.05) is 10.8 Å². The maximum Gasteiger partial charge on any atom is 0.264 e. The molecule has 3 aromatic carbocycles. The zero-order chi connectivity index (χ0) is 28.7. The first-order chi connectivity index (χ1) is 18.4. The number of rotatable bonds is 11. The van der Waals surface area contributed by atoms with Gasteiger partial charge in [0.25, 0.3) is 10.0 Å². The lowest BCUT2D eigenvalue weighted by atomic mass is 10.1. The number of benzene rings is 3. The molecular formula is C30H36ClN3O4S. The number of anilines is 1. The molecule has 3 aromatic rings. The number of carbonyl (C=O) groups excluding carboxylic acids is 2. The van der Waals surface area contributed by atoms with Crippen LogP contribution in [0.25, 0.3) is 0 Å². The summed E-state index contributed by atoms with van der Waals surface area (Å²) in [6.07, 6.45) is 0.363. The molecule has 3 rings (SSSR count). The second-order valence-electron chi connectivity index (χ2n) is 9.90. The highest BCUT2D eigenvalue weighted by Crippen LogP contribution is 2.26. The van der Waals surface area contributed by atoms with Crippen molar-refractivity contribution in [3.63, 3.8) is 0 Å². The van der Waals surface area contributed by atoms with E-state index < -0.39 is 28.5 Å². The van der Waals surface area contributed by atoms with Crippen molar-refractivity contribution in [2.45, 2.75) is 64.6 Å². The van der Waals surface area contributed by atoms with Gasteiger partial charge in [0, 0.05) is 17.6 Å². The van der Waals surface area contributed by atoms with Gasteiger partial charge in [-0.15, -0.1) is 0 Å².